The lowest BCUT2D eigenvalue weighted by Crippen LogP contribution is -2.38. The van der Waals surface area contributed by atoms with Crippen LogP contribution in [0.2, 0.25) is 0 Å². The van der Waals surface area contributed by atoms with E-state index in [1.54, 1.807) is 62.8 Å². The summed E-state index contributed by atoms with van der Waals surface area (Å²) >= 11 is 0. The van der Waals surface area contributed by atoms with Crippen LogP contribution in [0.15, 0.2) is 60.4 Å². The number of hydrogen-bond acceptors (Lipinski definition) is 10. The highest BCUT2D eigenvalue weighted by Crippen LogP contribution is 2.36. The number of methoxy groups -OCH3 is 2. The molecular weight excluding hydrogens is 454 g/mol. The van der Waals surface area contributed by atoms with E-state index >= 15 is 0 Å². The maximum atomic E-state index is 11.8. The summed E-state index contributed by atoms with van der Waals surface area (Å²) < 4.78 is 26.5. The van der Waals surface area contributed by atoms with Gasteiger partial charge in [0.25, 0.3) is 0 Å². The maximum Gasteiger partial charge on any atom is 0.156 e. The number of benzene rings is 2. The van der Waals surface area contributed by atoms with Crippen LogP contribution in [0.25, 0.3) is 0 Å². The Bertz CT molecular complexity index is 828. The molecule has 0 heterocycles. The number of ether oxygens (including phenoxy) is 5. The van der Waals surface area contributed by atoms with Gasteiger partial charge in [0.2, 0.25) is 0 Å². The third kappa shape index (κ3) is 8.70. The predicted octanol–water partition coefficient (Wildman–Crippen LogP) is 0.958. The van der Waals surface area contributed by atoms with Crippen molar-refractivity contribution in [2.24, 2.45) is 11.6 Å². The molecule has 0 radical (unpaired) electrons. The molecule has 0 atom stereocenters. The number of hydrogen-bond donors (Lipinski definition) is 4. The highest BCUT2D eigenvalue weighted by atomic mass is 16.5. The molecule has 0 spiro atoms. The molecule has 6 N–H and O–H groups in total. The second-order valence-electron chi connectivity index (χ2n) is 7.55. The summed E-state index contributed by atoms with van der Waals surface area (Å²) in [6, 6.07) is 14.0. The molecule has 0 saturated carbocycles. The summed E-state index contributed by atoms with van der Waals surface area (Å²) in [6.45, 7) is 2.65. The van der Waals surface area contributed by atoms with Gasteiger partial charge in [-0.3, -0.25) is 0 Å². The normalized spacial score (nSPS) is 12.0. The number of aliphatic hydroxyl groups excluding tert-OH is 1. The number of aliphatic hydroxyl groups is 2. The lowest BCUT2D eigenvalue weighted by molar-refractivity contribution is 0.00581. The smallest absolute Gasteiger partial charge is 0.156 e. The van der Waals surface area contributed by atoms with Crippen LogP contribution < -0.4 is 21.1 Å². The van der Waals surface area contributed by atoms with Crippen LogP contribution in [0.4, 0.5) is 0 Å². The van der Waals surface area contributed by atoms with Crippen molar-refractivity contribution in [1.82, 2.24) is 5.01 Å². The summed E-state index contributed by atoms with van der Waals surface area (Å²) in [5.41, 5.74) is 6.04. The fourth-order valence-corrected chi connectivity index (χ4v) is 3.28. The van der Waals surface area contributed by atoms with Crippen molar-refractivity contribution in [2.45, 2.75) is 5.60 Å². The fourth-order valence-electron chi connectivity index (χ4n) is 3.28. The lowest BCUT2D eigenvalue weighted by Gasteiger charge is -2.31. The first-order chi connectivity index (χ1) is 16.9. The number of nitrogens with two attached hydrogens (primary N) is 2. The summed E-state index contributed by atoms with van der Waals surface area (Å²) in [5.74, 6) is 7.43. The Labute approximate surface area is 206 Å². The zero-order valence-corrected chi connectivity index (χ0v) is 20.4. The van der Waals surface area contributed by atoms with E-state index in [0.717, 1.165) is 0 Å². The molecule has 2 aromatic rings. The maximum absolute atomic E-state index is 11.8. The molecule has 0 amide bonds. The molecule has 0 bridgehead atoms. The average molecular weight is 492 g/mol. The van der Waals surface area contributed by atoms with Gasteiger partial charge in [-0.2, -0.15) is 0 Å². The Morgan fingerprint density at radius 1 is 0.800 bits per heavy atom. The van der Waals surface area contributed by atoms with Crippen LogP contribution in [-0.2, 0) is 19.8 Å². The van der Waals surface area contributed by atoms with Gasteiger partial charge in [0.1, 0.15) is 11.5 Å². The van der Waals surface area contributed by atoms with Gasteiger partial charge in [0, 0.05) is 6.20 Å². The predicted molar refractivity (Wildman–Crippen MR) is 132 cm³/mol. The minimum Gasteiger partial charge on any atom is -0.497 e. The summed E-state index contributed by atoms with van der Waals surface area (Å²) in [4.78, 5) is 0. The molecule has 10 heteroatoms. The number of rotatable bonds is 17. The van der Waals surface area contributed by atoms with Crippen molar-refractivity contribution in [3.05, 3.63) is 71.6 Å². The van der Waals surface area contributed by atoms with Crippen molar-refractivity contribution in [3.63, 3.8) is 0 Å². The standard InChI is InChI=1S/C25H37N3O7/c1-31-22-7-3-20(4-8-22)25(30,21-5-9-23(32-2)10-6-21)24(26)19-28(27)11-13-33-15-17-35-18-16-34-14-12-29/h3-10,19,29-30H,11-18,26-27H2,1-2H3/b24-19-. The minimum atomic E-state index is -1.64. The molecule has 0 saturated heterocycles. The second-order valence-corrected chi connectivity index (χ2v) is 7.55. The van der Waals surface area contributed by atoms with Gasteiger partial charge in [-0.1, -0.05) is 24.3 Å². The number of hydrazine groups is 1. The Morgan fingerprint density at radius 2 is 1.23 bits per heavy atom. The van der Waals surface area contributed by atoms with Gasteiger partial charge in [-0.25, -0.2) is 5.84 Å². The molecule has 0 aliphatic carbocycles. The van der Waals surface area contributed by atoms with Crippen molar-refractivity contribution < 1.29 is 33.9 Å². The van der Waals surface area contributed by atoms with E-state index in [-0.39, 0.29) is 12.3 Å². The van der Waals surface area contributed by atoms with Gasteiger partial charge in [-0.05, 0) is 35.4 Å². The molecule has 0 aliphatic heterocycles. The summed E-state index contributed by atoms with van der Waals surface area (Å²) in [5, 5.41) is 21.8. The third-order valence-corrected chi connectivity index (χ3v) is 5.21. The van der Waals surface area contributed by atoms with E-state index in [1.165, 1.54) is 11.2 Å². The molecule has 35 heavy (non-hydrogen) atoms. The Kier molecular flexibility index (Phi) is 12.3. The zero-order chi connectivity index (χ0) is 25.5. The van der Waals surface area contributed by atoms with Crippen LogP contribution in [-0.4, -0.2) is 82.2 Å². The molecule has 0 fully saturated rings. The topological polar surface area (TPSA) is 142 Å². The minimum absolute atomic E-state index is 0.00471. The molecule has 0 aromatic heterocycles. The van der Waals surface area contributed by atoms with Crippen molar-refractivity contribution in [2.75, 3.05) is 67.0 Å². The molecular formula is C25H37N3O7. The average Bonchev–Trinajstić information content (AvgIpc) is 2.89. The molecule has 194 valence electrons. The molecule has 2 rings (SSSR count). The van der Waals surface area contributed by atoms with Crippen molar-refractivity contribution >= 4 is 0 Å². The van der Waals surface area contributed by atoms with E-state index in [9.17, 15) is 5.11 Å². The van der Waals surface area contributed by atoms with Gasteiger partial charge in [0.05, 0.1) is 72.7 Å². The Balaban J connectivity index is 2.00. The van der Waals surface area contributed by atoms with Crippen molar-refractivity contribution in [3.8, 4) is 11.5 Å². The van der Waals surface area contributed by atoms with Crippen LogP contribution in [0.1, 0.15) is 11.1 Å². The van der Waals surface area contributed by atoms with Crippen LogP contribution in [0.3, 0.4) is 0 Å². The van der Waals surface area contributed by atoms with Crippen LogP contribution in [0.5, 0.6) is 11.5 Å². The largest absolute Gasteiger partial charge is 0.497 e. The molecule has 2 aromatic carbocycles. The van der Waals surface area contributed by atoms with E-state index in [1.807, 2.05) is 0 Å². The van der Waals surface area contributed by atoms with Crippen LogP contribution >= 0.6 is 0 Å². The zero-order valence-electron chi connectivity index (χ0n) is 20.4. The van der Waals surface area contributed by atoms with E-state index in [0.29, 0.717) is 68.8 Å². The summed E-state index contributed by atoms with van der Waals surface area (Å²) in [6.07, 6.45) is 1.49. The van der Waals surface area contributed by atoms with Gasteiger partial charge in [-0.15, -0.1) is 0 Å². The number of nitrogens with zero attached hydrogens (tertiary/aromatic N) is 1. The molecule has 10 nitrogen and oxygen atoms in total. The third-order valence-electron chi connectivity index (χ3n) is 5.21. The first-order valence-electron chi connectivity index (χ1n) is 11.3. The Morgan fingerprint density at radius 3 is 1.66 bits per heavy atom. The van der Waals surface area contributed by atoms with E-state index in [4.69, 9.17) is 40.4 Å². The highest BCUT2D eigenvalue weighted by Gasteiger charge is 2.35. The highest BCUT2D eigenvalue weighted by molar-refractivity contribution is 5.46. The van der Waals surface area contributed by atoms with E-state index in [2.05, 4.69) is 0 Å². The van der Waals surface area contributed by atoms with Gasteiger partial charge in [0.15, 0.2) is 5.60 Å². The quantitative estimate of drug-likeness (QED) is 0.144. The molecule has 0 unspecified atom stereocenters. The second kappa shape index (κ2) is 15.2. The van der Waals surface area contributed by atoms with Crippen LogP contribution in [0, 0.1) is 0 Å². The fraction of sp³-hybridized carbons (Fsp3) is 0.440. The van der Waals surface area contributed by atoms with Gasteiger partial charge >= 0.3 is 0 Å². The van der Waals surface area contributed by atoms with E-state index < -0.39 is 5.60 Å². The molecule has 0 aliphatic rings. The first kappa shape index (κ1) is 28.4. The summed E-state index contributed by atoms with van der Waals surface area (Å²) in [7, 11) is 3.15. The first-order valence-corrected chi connectivity index (χ1v) is 11.3. The monoisotopic (exact) mass is 491 g/mol. The Hall–Kier alpha value is -2.86. The SMILES string of the molecule is COc1ccc(C(O)(/C(N)=C/N(N)CCOCCOCCOCCO)c2ccc(OC)cc2)cc1. The van der Waals surface area contributed by atoms with Crippen molar-refractivity contribution in [1.29, 1.82) is 0 Å². The lowest BCUT2D eigenvalue weighted by atomic mass is 9.83. The van der Waals surface area contributed by atoms with Gasteiger partial charge < -0.3 is 44.6 Å².